The fraction of sp³-hybridized carbons (Fsp3) is 0.0714. The summed E-state index contributed by atoms with van der Waals surface area (Å²) in [5, 5.41) is 13.0. The first-order valence-electron chi connectivity index (χ1n) is 5.97. The number of benzene rings is 2. The molecule has 2 aromatic carbocycles. The normalized spacial score (nSPS) is 9.95. The molecule has 21 heavy (non-hydrogen) atoms. The van der Waals surface area contributed by atoms with E-state index in [-0.39, 0.29) is 18.0 Å². The van der Waals surface area contributed by atoms with Crippen LogP contribution in [0, 0.1) is 15.9 Å². The van der Waals surface area contributed by atoms with E-state index in [2.05, 4.69) is 5.32 Å². The van der Waals surface area contributed by atoms with E-state index in [1.165, 1.54) is 42.5 Å². The highest BCUT2D eigenvalue weighted by atomic mass is 19.1. The number of hydrogen-bond acceptors (Lipinski definition) is 4. The maximum Gasteiger partial charge on any atom is 0.411 e. The SMILES string of the molecule is O=C(Nc1cccc([N+](=O)[O-])c1)OCc1cccc(F)c1. The molecule has 0 aromatic heterocycles. The zero-order valence-corrected chi connectivity index (χ0v) is 10.8. The van der Waals surface area contributed by atoms with Crippen molar-refractivity contribution in [2.75, 3.05) is 5.32 Å². The molecule has 108 valence electrons. The Morgan fingerprint density at radius 3 is 2.71 bits per heavy atom. The first-order chi connectivity index (χ1) is 10.0. The number of hydrogen-bond donors (Lipinski definition) is 1. The van der Waals surface area contributed by atoms with Gasteiger partial charge >= 0.3 is 6.09 Å². The Balaban J connectivity index is 1.93. The minimum atomic E-state index is -0.778. The topological polar surface area (TPSA) is 81.5 Å². The number of amides is 1. The summed E-state index contributed by atoms with van der Waals surface area (Å²) in [5.74, 6) is -0.421. The number of rotatable bonds is 4. The second kappa shape index (κ2) is 6.47. The molecule has 0 saturated carbocycles. The van der Waals surface area contributed by atoms with Gasteiger partial charge in [0.25, 0.3) is 5.69 Å². The van der Waals surface area contributed by atoms with Gasteiger partial charge < -0.3 is 4.74 Å². The number of nitrogens with zero attached hydrogens (tertiary/aromatic N) is 1. The molecule has 0 bridgehead atoms. The molecule has 0 unspecified atom stereocenters. The minimum Gasteiger partial charge on any atom is -0.444 e. The number of carbonyl (C=O) groups excluding carboxylic acids is 1. The van der Waals surface area contributed by atoms with Crippen molar-refractivity contribution < 1.29 is 18.8 Å². The number of non-ortho nitro benzene ring substituents is 1. The van der Waals surface area contributed by atoms with Crippen LogP contribution in [0.5, 0.6) is 0 Å². The number of nitro groups is 1. The first kappa shape index (κ1) is 14.4. The summed E-state index contributed by atoms with van der Waals surface area (Å²) in [6, 6.07) is 11.1. The monoisotopic (exact) mass is 290 g/mol. The summed E-state index contributed by atoms with van der Waals surface area (Å²) >= 11 is 0. The highest BCUT2D eigenvalue weighted by Gasteiger charge is 2.09. The molecule has 7 heteroatoms. The van der Waals surface area contributed by atoms with Crippen LogP contribution < -0.4 is 5.32 Å². The Bertz CT molecular complexity index is 676. The van der Waals surface area contributed by atoms with E-state index in [0.717, 1.165) is 0 Å². The third-order valence-electron chi connectivity index (χ3n) is 2.56. The van der Waals surface area contributed by atoms with E-state index < -0.39 is 16.8 Å². The smallest absolute Gasteiger partial charge is 0.411 e. The lowest BCUT2D eigenvalue weighted by molar-refractivity contribution is -0.384. The van der Waals surface area contributed by atoms with E-state index in [9.17, 15) is 19.3 Å². The fourth-order valence-corrected chi connectivity index (χ4v) is 1.63. The predicted molar refractivity (Wildman–Crippen MR) is 73.3 cm³/mol. The number of ether oxygens (including phenoxy) is 1. The maximum atomic E-state index is 12.9. The molecule has 0 aliphatic rings. The molecule has 0 saturated heterocycles. The molecule has 0 atom stereocenters. The molecule has 2 aromatic rings. The van der Waals surface area contributed by atoms with Crippen molar-refractivity contribution in [3.05, 3.63) is 70.0 Å². The van der Waals surface area contributed by atoms with E-state index in [4.69, 9.17) is 4.74 Å². The van der Waals surface area contributed by atoms with E-state index >= 15 is 0 Å². The molecule has 6 nitrogen and oxygen atoms in total. The fourth-order valence-electron chi connectivity index (χ4n) is 1.63. The predicted octanol–water partition coefficient (Wildman–Crippen LogP) is 3.48. The van der Waals surface area contributed by atoms with Gasteiger partial charge in [-0.1, -0.05) is 18.2 Å². The third-order valence-corrected chi connectivity index (χ3v) is 2.56. The van der Waals surface area contributed by atoms with Crippen molar-refractivity contribution in [2.45, 2.75) is 6.61 Å². The molecule has 0 radical (unpaired) electrons. The number of nitro benzene ring substituents is 1. The Morgan fingerprint density at radius 2 is 2.00 bits per heavy atom. The lowest BCUT2D eigenvalue weighted by Gasteiger charge is -2.07. The second-order valence-corrected chi connectivity index (χ2v) is 4.14. The lowest BCUT2D eigenvalue weighted by atomic mass is 10.2. The van der Waals surface area contributed by atoms with Crippen LogP contribution >= 0.6 is 0 Å². The van der Waals surface area contributed by atoms with Gasteiger partial charge in [-0.15, -0.1) is 0 Å². The van der Waals surface area contributed by atoms with E-state index in [1.807, 2.05) is 0 Å². The molecule has 2 rings (SSSR count). The van der Waals surface area contributed by atoms with E-state index in [1.54, 1.807) is 6.07 Å². The zero-order chi connectivity index (χ0) is 15.2. The van der Waals surface area contributed by atoms with Gasteiger partial charge in [0.15, 0.2) is 0 Å². The molecule has 0 spiro atoms. The second-order valence-electron chi connectivity index (χ2n) is 4.14. The standard InChI is InChI=1S/C14H11FN2O4/c15-11-4-1-3-10(7-11)9-21-14(18)16-12-5-2-6-13(8-12)17(19)20/h1-8H,9H2,(H,16,18). The number of nitrogens with one attached hydrogen (secondary N) is 1. The summed E-state index contributed by atoms with van der Waals surface area (Å²) in [4.78, 5) is 21.6. The first-order valence-corrected chi connectivity index (χ1v) is 5.97. The summed E-state index contributed by atoms with van der Waals surface area (Å²) in [6.45, 7) is -0.0987. The third kappa shape index (κ3) is 4.27. The maximum absolute atomic E-state index is 12.9. The molecular formula is C14H11FN2O4. The van der Waals surface area contributed by atoms with Crippen LogP contribution in [0.4, 0.5) is 20.6 Å². The van der Waals surface area contributed by atoms with Crippen LogP contribution in [-0.4, -0.2) is 11.0 Å². The highest BCUT2D eigenvalue weighted by molar-refractivity contribution is 5.85. The number of anilines is 1. The van der Waals surface area contributed by atoms with Crippen molar-refractivity contribution in [2.24, 2.45) is 0 Å². The number of carbonyl (C=O) groups is 1. The molecule has 1 N–H and O–H groups in total. The van der Waals surface area contributed by atoms with Gasteiger partial charge in [-0.3, -0.25) is 15.4 Å². The summed E-state index contributed by atoms with van der Waals surface area (Å²) in [5.41, 5.74) is 0.607. The molecule has 0 aliphatic heterocycles. The highest BCUT2D eigenvalue weighted by Crippen LogP contribution is 2.17. The van der Waals surface area contributed by atoms with Crippen LogP contribution in [0.1, 0.15) is 5.56 Å². The largest absolute Gasteiger partial charge is 0.444 e. The van der Waals surface area contributed by atoms with Gasteiger partial charge in [0.05, 0.1) is 10.6 Å². The van der Waals surface area contributed by atoms with Crippen LogP contribution in [0.25, 0.3) is 0 Å². The van der Waals surface area contributed by atoms with Crippen molar-refractivity contribution in [3.8, 4) is 0 Å². The Labute approximate surface area is 119 Å². The zero-order valence-electron chi connectivity index (χ0n) is 10.8. The van der Waals surface area contributed by atoms with Gasteiger partial charge in [0.1, 0.15) is 12.4 Å². The molecule has 0 fully saturated rings. The van der Waals surface area contributed by atoms with Crippen LogP contribution in [-0.2, 0) is 11.3 Å². The number of halogens is 1. The van der Waals surface area contributed by atoms with Crippen molar-refractivity contribution in [1.82, 2.24) is 0 Å². The molecule has 1 amide bonds. The van der Waals surface area contributed by atoms with Crippen LogP contribution in [0.15, 0.2) is 48.5 Å². The van der Waals surface area contributed by atoms with Crippen LogP contribution in [0.3, 0.4) is 0 Å². The summed E-state index contributed by atoms with van der Waals surface area (Å²) < 4.78 is 17.8. The van der Waals surface area contributed by atoms with Crippen molar-refractivity contribution >= 4 is 17.5 Å². The quantitative estimate of drug-likeness (QED) is 0.690. The lowest BCUT2D eigenvalue weighted by Crippen LogP contribution is -2.13. The Morgan fingerprint density at radius 1 is 1.24 bits per heavy atom. The Hall–Kier alpha value is -2.96. The Kier molecular flexibility index (Phi) is 4.45. The summed E-state index contributed by atoms with van der Waals surface area (Å²) in [7, 11) is 0. The molecule has 0 heterocycles. The van der Waals surface area contributed by atoms with Crippen molar-refractivity contribution in [1.29, 1.82) is 0 Å². The van der Waals surface area contributed by atoms with E-state index in [0.29, 0.717) is 5.56 Å². The van der Waals surface area contributed by atoms with Crippen LogP contribution in [0.2, 0.25) is 0 Å². The molecule has 0 aliphatic carbocycles. The molecular weight excluding hydrogens is 279 g/mol. The van der Waals surface area contributed by atoms with Gasteiger partial charge in [0, 0.05) is 12.1 Å². The van der Waals surface area contributed by atoms with Crippen molar-refractivity contribution in [3.63, 3.8) is 0 Å². The average Bonchev–Trinajstić information content (AvgIpc) is 2.45. The minimum absolute atomic E-state index is 0.0987. The van der Waals surface area contributed by atoms with Gasteiger partial charge in [-0.25, -0.2) is 9.18 Å². The van der Waals surface area contributed by atoms with Gasteiger partial charge in [0.2, 0.25) is 0 Å². The van der Waals surface area contributed by atoms with Gasteiger partial charge in [-0.05, 0) is 23.8 Å². The average molecular weight is 290 g/mol. The van der Waals surface area contributed by atoms with Gasteiger partial charge in [-0.2, -0.15) is 0 Å². The summed E-state index contributed by atoms with van der Waals surface area (Å²) in [6.07, 6.45) is -0.778.